The van der Waals surface area contributed by atoms with E-state index in [2.05, 4.69) is 51.7 Å². The van der Waals surface area contributed by atoms with Crippen LogP contribution in [0.25, 0.3) is 26.4 Å². The first-order valence-corrected chi connectivity index (χ1v) is 12.8. The van der Waals surface area contributed by atoms with E-state index in [4.69, 9.17) is 17.9 Å². The van der Waals surface area contributed by atoms with Gasteiger partial charge in [-0.2, -0.15) is 0 Å². The van der Waals surface area contributed by atoms with Gasteiger partial charge in [-0.25, -0.2) is 15.0 Å². The number of anilines is 1. The standard InChI is InChI=1S/C33H29N5O/c1-5-37(4)21-12-22-38-30-23-27(25-13-8-6-9-14-25)17-19-31(30)39-32(38)20-18-28(35-2)33(29(24-34)36-3)26-15-10-7-11-16-26/h6-11,13-20,23H,5,12,21-22H2,1,4H3. The largest absolute Gasteiger partial charge is 0.439 e. The number of nitrogens with zero attached hydrogens (tertiary/aromatic N) is 5. The number of nitriles is 1. The summed E-state index contributed by atoms with van der Waals surface area (Å²) in [5.41, 5.74) is 4.24. The molecule has 3 aromatic carbocycles. The third-order valence-electron chi connectivity index (χ3n) is 6.58. The molecule has 0 aliphatic carbocycles. The van der Waals surface area contributed by atoms with Crippen molar-refractivity contribution in [1.29, 1.82) is 5.26 Å². The minimum Gasteiger partial charge on any atom is -0.439 e. The summed E-state index contributed by atoms with van der Waals surface area (Å²) in [5.74, 6) is 1.35. The van der Waals surface area contributed by atoms with Gasteiger partial charge in [-0.1, -0.05) is 79.7 Å². The highest BCUT2D eigenvalue weighted by Crippen LogP contribution is 2.42. The summed E-state index contributed by atoms with van der Waals surface area (Å²) in [6.07, 6.45) is 4.33. The Bertz CT molecular complexity index is 1520. The molecule has 1 aliphatic rings. The molecule has 192 valence electrons. The van der Waals surface area contributed by atoms with Crippen LogP contribution in [0.5, 0.6) is 5.75 Å². The van der Waals surface area contributed by atoms with Crippen LogP contribution in [0.4, 0.5) is 5.69 Å². The first-order valence-electron chi connectivity index (χ1n) is 12.8. The lowest BCUT2D eigenvalue weighted by atomic mass is 10.0. The number of hydrogen-bond acceptors (Lipinski definition) is 4. The van der Waals surface area contributed by atoms with Crippen molar-refractivity contribution < 1.29 is 4.74 Å². The van der Waals surface area contributed by atoms with Crippen molar-refractivity contribution in [1.82, 2.24) is 4.90 Å². The van der Waals surface area contributed by atoms with Gasteiger partial charge in [0.15, 0.2) is 17.3 Å². The van der Waals surface area contributed by atoms with E-state index in [9.17, 15) is 5.26 Å². The number of ether oxygens (including phenoxy) is 1. The van der Waals surface area contributed by atoms with E-state index in [0.29, 0.717) is 17.0 Å². The lowest BCUT2D eigenvalue weighted by molar-refractivity contribution is 0.346. The predicted octanol–water partition coefficient (Wildman–Crippen LogP) is 7.39. The lowest BCUT2D eigenvalue weighted by Gasteiger charge is -2.21. The minimum atomic E-state index is -0.121. The molecule has 0 saturated carbocycles. The first kappa shape index (κ1) is 27.0. The summed E-state index contributed by atoms with van der Waals surface area (Å²) in [6, 6.07) is 27.4. The lowest BCUT2D eigenvalue weighted by Crippen LogP contribution is -2.26. The van der Waals surface area contributed by atoms with Crippen LogP contribution in [0.15, 0.2) is 108 Å². The van der Waals surface area contributed by atoms with E-state index >= 15 is 0 Å². The predicted molar refractivity (Wildman–Crippen MR) is 156 cm³/mol. The van der Waals surface area contributed by atoms with Crippen molar-refractivity contribution >= 4 is 11.3 Å². The number of rotatable bonds is 9. The van der Waals surface area contributed by atoms with Crippen molar-refractivity contribution in [2.45, 2.75) is 13.3 Å². The molecular formula is C33H29N5O. The topological polar surface area (TPSA) is 48.2 Å². The molecule has 0 atom stereocenters. The summed E-state index contributed by atoms with van der Waals surface area (Å²) < 4.78 is 6.27. The molecule has 0 unspecified atom stereocenters. The molecule has 4 rings (SSSR count). The Labute approximate surface area is 230 Å². The van der Waals surface area contributed by atoms with Crippen LogP contribution in [0.3, 0.4) is 0 Å². The number of allylic oxidation sites excluding steroid dienone is 4. The van der Waals surface area contributed by atoms with Crippen molar-refractivity contribution in [3.8, 4) is 22.9 Å². The second-order valence-electron chi connectivity index (χ2n) is 9.03. The second kappa shape index (κ2) is 12.9. The molecule has 0 spiro atoms. The third-order valence-corrected chi connectivity index (χ3v) is 6.58. The molecule has 6 nitrogen and oxygen atoms in total. The van der Waals surface area contributed by atoms with E-state index in [0.717, 1.165) is 48.6 Å². The van der Waals surface area contributed by atoms with E-state index in [-0.39, 0.29) is 11.4 Å². The second-order valence-corrected chi connectivity index (χ2v) is 9.03. The van der Waals surface area contributed by atoms with Crippen LogP contribution >= 0.6 is 0 Å². The van der Waals surface area contributed by atoms with Gasteiger partial charge in [0.2, 0.25) is 0 Å². The average Bonchev–Trinajstić information content (AvgIpc) is 3.34. The Morgan fingerprint density at radius 2 is 1.72 bits per heavy atom. The third kappa shape index (κ3) is 6.25. The molecular weight excluding hydrogens is 482 g/mol. The Kier molecular flexibility index (Phi) is 8.94. The van der Waals surface area contributed by atoms with Crippen LogP contribution in [0, 0.1) is 24.5 Å². The number of fused-ring (bicyclic) bond motifs is 1. The fraction of sp³-hybridized carbons (Fsp3) is 0.182. The first-order chi connectivity index (χ1) is 19.1. The zero-order valence-electron chi connectivity index (χ0n) is 22.1. The zero-order valence-corrected chi connectivity index (χ0v) is 22.1. The quantitative estimate of drug-likeness (QED) is 0.171. The molecule has 0 N–H and O–H groups in total. The zero-order chi connectivity index (χ0) is 27.6. The molecule has 6 heteroatoms. The smallest absolute Gasteiger partial charge is 0.259 e. The van der Waals surface area contributed by atoms with Crippen molar-refractivity contribution in [3.63, 3.8) is 0 Å². The van der Waals surface area contributed by atoms with Crippen molar-refractivity contribution in [2.24, 2.45) is 0 Å². The van der Waals surface area contributed by atoms with E-state index in [1.54, 1.807) is 24.3 Å². The molecule has 1 aliphatic heterocycles. The highest BCUT2D eigenvalue weighted by molar-refractivity contribution is 5.86. The van der Waals surface area contributed by atoms with Gasteiger partial charge < -0.3 is 14.5 Å². The maximum absolute atomic E-state index is 9.62. The molecule has 0 radical (unpaired) electrons. The number of hydrogen-bond donors (Lipinski definition) is 0. The molecule has 0 fully saturated rings. The van der Waals surface area contributed by atoms with E-state index in [1.165, 1.54) is 0 Å². The number of benzene rings is 3. The average molecular weight is 512 g/mol. The SMILES string of the molecule is [C-]#[N+]C(=CC=C1Oc2ccc(-c3ccccc3)cc2N1CCCN(C)CC)C(=C(C#N)[N+]#[C-])c1ccccc1. The van der Waals surface area contributed by atoms with E-state index < -0.39 is 0 Å². The van der Waals surface area contributed by atoms with Gasteiger partial charge in [0, 0.05) is 12.1 Å². The molecule has 0 saturated heterocycles. The Hall–Kier alpha value is -5.09. The van der Waals surface area contributed by atoms with Gasteiger partial charge in [0.1, 0.15) is 0 Å². The fourth-order valence-electron chi connectivity index (χ4n) is 4.40. The Balaban J connectivity index is 1.75. The van der Waals surface area contributed by atoms with Gasteiger partial charge in [-0.15, -0.1) is 0 Å². The molecule has 0 aromatic heterocycles. The van der Waals surface area contributed by atoms with Crippen LogP contribution in [-0.4, -0.2) is 31.6 Å². The molecule has 0 amide bonds. The van der Waals surface area contributed by atoms with Crippen LogP contribution in [0.2, 0.25) is 0 Å². The summed E-state index contributed by atoms with van der Waals surface area (Å²) >= 11 is 0. The normalized spacial score (nSPS) is 14.2. The molecule has 39 heavy (non-hydrogen) atoms. The van der Waals surface area contributed by atoms with Gasteiger partial charge in [-0.3, -0.25) is 0 Å². The van der Waals surface area contributed by atoms with Crippen LogP contribution < -0.4 is 9.64 Å². The van der Waals surface area contributed by atoms with E-state index in [1.807, 2.05) is 54.6 Å². The van der Waals surface area contributed by atoms with Crippen molar-refractivity contribution in [3.05, 3.63) is 137 Å². The summed E-state index contributed by atoms with van der Waals surface area (Å²) in [6.45, 7) is 20.1. The Morgan fingerprint density at radius 3 is 2.36 bits per heavy atom. The summed E-state index contributed by atoms with van der Waals surface area (Å²) in [5, 5.41) is 9.62. The van der Waals surface area contributed by atoms with Gasteiger partial charge in [-0.05, 0) is 61.5 Å². The summed E-state index contributed by atoms with van der Waals surface area (Å²) in [7, 11) is 2.10. The maximum Gasteiger partial charge on any atom is 0.259 e. The van der Waals surface area contributed by atoms with Crippen LogP contribution in [0.1, 0.15) is 18.9 Å². The van der Waals surface area contributed by atoms with Crippen LogP contribution in [-0.2, 0) is 0 Å². The van der Waals surface area contributed by atoms with Gasteiger partial charge >= 0.3 is 0 Å². The Morgan fingerprint density at radius 1 is 1.00 bits per heavy atom. The highest BCUT2D eigenvalue weighted by Gasteiger charge is 2.26. The molecule has 3 aromatic rings. The van der Waals surface area contributed by atoms with Crippen molar-refractivity contribution in [2.75, 3.05) is 31.6 Å². The molecule has 0 bridgehead atoms. The van der Waals surface area contributed by atoms with Gasteiger partial charge in [0.05, 0.1) is 24.9 Å². The van der Waals surface area contributed by atoms with Gasteiger partial charge in [0.25, 0.3) is 5.70 Å². The maximum atomic E-state index is 9.62. The summed E-state index contributed by atoms with van der Waals surface area (Å²) in [4.78, 5) is 11.5. The molecule has 1 heterocycles. The monoisotopic (exact) mass is 511 g/mol. The fourth-order valence-corrected chi connectivity index (χ4v) is 4.40. The highest BCUT2D eigenvalue weighted by atomic mass is 16.5. The minimum absolute atomic E-state index is 0.121.